The zero-order chi connectivity index (χ0) is 19.4. The Labute approximate surface area is 157 Å². The van der Waals surface area contributed by atoms with Crippen LogP contribution in [0.15, 0.2) is 48.7 Å². The van der Waals surface area contributed by atoms with Crippen molar-refractivity contribution in [3.05, 3.63) is 76.2 Å². The van der Waals surface area contributed by atoms with Gasteiger partial charge < -0.3 is 10.3 Å². The zero-order valence-electron chi connectivity index (χ0n) is 14.1. The maximum absolute atomic E-state index is 13.2. The van der Waals surface area contributed by atoms with Crippen LogP contribution in [0, 0.1) is 12.7 Å². The van der Waals surface area contributed by atoms with E-state index in [1.807, 2.05) is 0 Å². The highest BCUT2D eigenvalue weighted by Crippen LogP contribution is 2.27. The number of nitrogens with one attached hydrogen (secondary N) is 4. The highest BCUT2D eigenvalue weighted by molar-refractivity contribution is 7.18. The lowest BCUT2D eigenvalue weighted by molar-refractivity contribution is 0.0846. The molecule has 138 valence electrons. The summed E-state index contributed by atoms with van der Waals surface area (Å²) >= 11 is 1.05. The molecule has 27 heavy (non-hydrogen) atoms. The van der Waals surface area contributed by atoms with Gasteiger partial charge in [0.2, 0.25) is 0 Å². The van der Waals surface area contributed by atoms with E-state index in [0.717, 1.165) is 17.4 Å². The molecule has 0 saturated carbocycles. The van der Waals surface area contributed by atoms with Crippen LogP contribution in [0.1, 0.15) is 36.1 Å². The van der Waals surface area contributed by atoms with Crippen LogP contribution in [0.25, 0.3) is 0 Å². The van der Waals surface area contributed by atoms with Gasteiger partial charge in [0.25, 0.3) is 17.7 Å². The fraction of sp³-hybridized carbons (Fsp3) is 0.0556. The molecular formula is C18H15FN4O3S. The largest absolute Gasteiger partial charge is 0.357 e. The molecule has 2 aromatic heterocycles. The van der Waals surface area contributed by atoms with Crippen molar-refractivity contribution in [2.24, 2.45) is 0 Å². The first kappa shape index (κ1) is 18.3. The van der Waals surface area contributed by atoms with Gasteiger partial charge >= 0.3 is 0 Å². The van der Waals surface area contributed by atoms with Crippen LogP contribution in [0.4, 0.5) is 9.39 Å². The van der Waals surface area contributed by atoms with Gasteiger partial charge in [-0.1, -0.05) is 6.07 Å². The van der Waals surface area contributed by atoms with Crippen molar-refractivity contribution >= 4 is 34.1 Å². The Hall–Kier alpha value is -3.46. The maximum atomic E-state index is 13.2. The molecule has 0 radical (unpaired) electrons. The molecule has 1 aromatic carbocycles. The Balaban J connectivity index is 1.64. The molecule has 4 N–H and O–H groups in total. The highest BCUT2D eigenvalue weighted by atomic mass is 32.1. The molecule has 0 aliphatic carbocycles. The summed E-state index contributed by atoms with van der Waals surface area (Å²) in [6, 6.07) is 10.2. The highest BCUT2D eigenvalue weighted by Gasteiger charge is 2.17. The van der Waals surface area contributed by atoms with E-state index in [4.69, 9.17) is 0 Å². The number of hydrogen-bond donors (Lipinski definition) is 4. The SMILES string of the molecule is Cc1cc(NC(=O)c2cccc(F)c2)sc1C(=O)NNC(=O)c1ccc[nH]1. The van der Waals surface area contributed by atoms with Crippen LogP contribution < -0.4 is 16.2 Å². The summed E-state index contributed by atoms with van der Waals surface area (Å²) in [5.41, 5.74) is 5.73. The van der Waals surface area contributed by atoms with E-state index in [-0.39, 0.29) is 5.56 Å². The number of aryl methyl sites for hydroxylation is 1. The van der Waals surface area contributed by atoms with Gasteiger partial charge in [-0.3, -0.25) is 25.2 Å². The van der Waals surface area contributed by atoms with Gasteiger partial charge in [0.1, 0.15) is 11.5 Å². The fourth-order valence-corrected chi connectivity index (χ4v) is 3.26. The Bertz CT molecular complexity index is 998. The van der Waals surface area contributed by atoms with Crippen molar-refractivity contribution < 1.29 is 18.8 Å². The molecule has 0 saturated heterocycles. The number of aromatic nitrogens is 1. The molecule has 9 heteroatoms. The van der Waals surface area contributed by atoms with Gasteiger partial charge in [-0.2, -0.15) is 0 Å². The predicted octanol–water partition coefficient (Wildman–Crippen LogP) is 2.85. The van der Waals surface area contributed by atoms with E-state index in [1.165, 1.54) is 18.2 Å². The molecular weight excluding hydrogens is 371 g/mol. The first-order valence-corrected chi connectivity index (χ1v) is 8.67. The van der Waals surface area contributed by atoms with Gasteiger partial charge in [-0.25, -0.2) is 4.39 Å². The van der Waals surface area contributed by atoms with Crippen molar-refractivity contribution in [1.29, 1.82) is 0 Å². The average molecular weight is 386 g/mol. The Morgan fingerprint density at radius 2 is 1.78 bits per heavy atom. The van der Waals surface area contributed by atoms with Crippen molar-refractivity contribution in [2.45, 2.75) is 6.92 Å². The van der Waals surface area contributed by atoms with E-state index in [9.17, 15) is 18.8 Å². The Morgan fingerprint density at radius 1 is 1.00 bits per heavy atom. The molecule has 3 aromatic rings. The number of benzene rings is 1. The molecule has 0 spiro atoms. The fourth-order valence-electron chi connectivity index (χ4n) is 2.29. The second-order valence-corrected chi connectivity index (χ2v) is 6.63. The van der Waals surface area contributed by atoms with Gasteiger partial charge in [0.15, 0.2) is 0 Å². The number of rotatable bonds is 4. The van der Waals surface area contributed by atoms with Crippen LogP contribution in [-0.2, 0) is 0 Å². The minimum absolute atomic E-state index is 0.172. The average Bonchev–Trinajstić information content (AvgIpc) is 3.29. The van der Waals surface area contributed by atoms with Crippen LogP contribution >= 0.6 is 11.3 Å². The maximum Gasteiger partial charge on any atom is 0.286 e. The molecule has 3 rings (SSSR count). The Kier molecular flexibility index (Phi) is 5.32. The molecule has 2 heterocycles. The molecule has 0 atom stereocenters. The number of halogens is 1. The van der Waals surface area contributed by atoms with Gasteiger partial charge in [0.05, 0.1) is 9.88 Å². The lowest BCUT2D eigenvalue weighted by atomic mass is 10.2. The number of anilines is 1. The number of H-pyrrole nitrogens is 1. The number of carbonyl (C=O) groups excluding carboxylic acids is 3. The third-order valence-corrected chi connectivity index (χ3v) is 4.73. The topological polar surface area (TPSA) is 103 Å². The normalized spacial score (nSPS) is 10.3. The lowest BCUT2D eigenvalue weighted by Gasteiger charge is -2.05. The summed E-state index contributed by atoms with van der Waals surface area (Å²) in [6.07, 6.45) is 1.59. The number of aromatic amines is 1. The summed E-state index contributed by atoms with van der Waals surface area (Å²) in [7, 11) is 0. The second-order valence-electron chi connectivity index (χ2n) is 5.58. The number of thiophene rings is 1. The smallest absolute Gasteiger partial charge is 0.286 e. The minimum Gasteiger partial charge on any atom is -0.357 e. The van der Waals surface area contributed by atoms with Crippen LogP contribution in [-0.4, -0.2) is 22.7 Å². The molecule has 0 aliphatic rings. The predicted molar refractivity (Wildman–Crippen MR) is 99.1 cm³/mol. The molecule has 0 aliphatic heterocycles. The molecule has 3 amide bonds. The monoisotopic (exact) mass is 386 g/mol. The first-order valence-electron chi connectivity index (χ1n) is 7.85. The third kappa shape index (κ3) is 4.39. The summed E-state index contributed by atoms with van der Waals surface area (Å²) < 4.78 is 13.2. The van der Waals surface area contributed by atoms with Crippen LogP contribution in [0.5, 0.6) is 0 Å². The number of amides is 3. The number of hydrogen-bond acceptors (Lipinski definition) is 4. The van der Waals surface area contributed by atoms with Crippen molar-refractivity contribution in [2.75, 3.05) is 5.32 Å². The van der Waals surface area contributed by atoms with E-state index in [0.29, 0.717) is 21.1 Å². The second kappa shape index (κ2) is 7.83. The molecule has 0 bridgehead atoms. The number of hydrazine groups is 1. The van der Waals surface area contributed by atoms with E-state index in [1.54, 1.807) is 31.3 Å². The summed E-state index contributed by atoms with van der Waals surface area (Å²) in [6.45, 7) is 1.70. The zero-order valence-corrected chi connectivity index (χ0v) is 14.9. The van der Waals surface area contributed by atoms with Gasteiger partial charge in [0, 0.05) is 11.8 Å². The van der Waals surface area contributed by atoms with Crippen molar-refractivity contribution in [3.63, 3.8) is 0 Å². The van der Waals surface area contributed by atoms with Crippen LogP contribution in [0.2, 0.25) is 0 Å². The first-order chi connectivity index (χ1) is 12.9. The van der Waals surface area contributed by atoms with Gasteiger partial charge in [-0.15, -0.1) is 11.3 Å². The quantitative estimate of drug-likeness (QED) is 0.519. The summed E-state index contributed by atoms with van der Waals surface area (Å²) in [5.74, 6) is -1.99. The number of carbonyl (C=O) groups is 3. The van der Waals surface area contributed by atoms with Gasteiger partial charge in [-0.05, 0) is 48.9 Å². The summed E-state index contributed by atoms with van der Waals surface area (Å²) in [5, 5.41) is 3.06. The molecule has 0 fully saturated rings. The lowest BCUT2D eigenvalue weighted by Crippen LogP contribution is -2.41. The third-order valence-electron chi connectivity index (χ3n) is 3.58. The molecule has 0 unspecified atom stereocenters. The van der Waals surface area contributed by atoms with Crippen molar-refractivity contribution in [3.8, 4) is 0 Å². The minimum atomic E-state index is -0.511. The molecule has 7 nitrogen and oxygen atoms in total. The van der Waals surface area contributed by atoms with E-state index >= 15 is 0 Å². The van der Waals surface area contributed by atoms with Crippen LogP contribution in [0.3, 0.4) is 0 Å². The standard InChI is InChI=1S/C18H15FN4O3S/c1-10-8-14(21-16(24)11-4-2-5-12(19)9-11)27-15(10)18(26)23-22-17(25)13-6-3-7-20-13/h2-9,20H,1H3,(H,21,24)(H,22,25)(H,23,26). The van der Waals surface area contributed by atoms with E-state index < -0.39 is 23.5 Å². The van der Waals surface area contributed by atoms with E-state index in [2.05, 4.69) is 21.2 Å². The van der Waals surface area contributed by atoms with Crippen molar-refractivity contribution in [1.82, 2.24) is 15.8 Å². The Morgan fingerprint density at radius 3 is 2.48 bits per heavy atom. The summed E-state index contributed by atoms with van der Waals surface area (Å²) in [4.78, 5) is 39.3.